The fourth-order valence-corrected chi connectivity index (χ4v) is 2.51. The molecule has 108 valence electrons. The molecule has 20 heavy (non-hydrogen) atoms. The number of rotatable bonds is 4. The number of carbonyl (C=O) groups excluding carboxylic acids is 2. The Morgan fingerprint density at radius 2 is 2.25 bits per heavy atom. The number of nitrogens with zero attached hydrogens (tertiary/aromatic N) is 2. The van der Waals surface area contributed by atoms with Crippen LogP contribution in [0.1, 0.15) is 41.7 Å². The van der Waals surface area contributed by atoms with E-state index in [4.69, 9.17) is 4.74 Å². The van der Waals surface area contributed by atoms with Gasteiger partial charge in [-0.05, 0) is 31.8 Å². The summed E-state index contributed by atoms with van der Waals surface area (Å²) < 4.78 is 5.01. The Labute approximate surface area is 117 Å². The van der Waals surface area contributed by atoms with Gasteiger partial charge in [0.25, 0.3) is 0 Å². The predicted molar refractivity (Wildman–Crippen MR) is 73.3 cm³/mol. The first-order chi connectivity index (χ1) is 9.67. The molecular formula is C14H19N3O3. The zero-order chi connectivity index (χ0) is 14.5. The molecular weight excluding hydrogens is 258 g/mol. The molecule has 2 heterocycles. The van der Waals surface area contributed by atoms with Crippen molar-refractivity contribution in [3.63, 3.8) is 0 Å². The van der Waals surface area contributed by atoms with Gasteiger partial charge in [-0.1, -0.05) is 6.58 Å². The predicted octanol–water partition coefficient (Wildman–Crippen LogP) is 1.48. The van der Waals surface area contributed by atoms with Crippen molar-refractivity contribution in [1.82, 2.24) is 15.1 Å². The quantitative estimate of drug-likeness (QED) is 0.668. The van der Waals surface area contributed by atoms with E-state index >= 15 is 0 Å². The maximum atomic E-state index is 11.8. The zero-order valence-electron chi connectivity index (χ0n) is 11.6. The van der Waals surface area contributed by atoms with Crippen molar-refractivity contribution in [3.8, 4) is 0 Å². The van der Waals surface area contributed by atoms with Gasteiger partial charge in [0.1, 0.15) is 5.69 Å². The molecule has 2 rings (SSSR count). The van der Waals surface area contributed by atoms with Gasteiger partial charge in [-0.2, -0.15) is 5.10 Å². The Bertz CT molecular complexity index is 502. The lowest BCUT2D eigenvalue weighted by atomic mass is 9.89. The Kier molecular flexibility index (Phi) is 4.55. The van der Waals surface area contributed by atoms with Gasteiger partial charge in [0, 0.05) is 18.7 Å². The molecule has 1 saturated heterocycles. The minimum Gasteiger partial charge on any atom is -0.461 e. The summed E-state index contributed by atoms with van der Waals surface area (Å²) in [7, 11) is 0. The van der Waals surface area contributed by atoms with Crippen molar-refractivity contribution < 1.29 is 14.3 Å². The molecule has 1 aliphatic heterocycles. The lowest BCUT2D eigenvalue weighted by molar-refractivity contribution is -0.127. The molecule has 1 N–H and O–H groups in total. The summed E-state index contributed by atoms with van der Waals surface area (Å²) in [6.07, 6.45) is 4.64. The van der Waals surface area contributed by atoms with E-state index in [9.17, 15) is 9.59 Å². The van der Waals surface area contributed by atoms with Gasteiger partial charge in [0.2, 0.25) is 5.91 Å². The molecule has 1 fully saturated rings. The third-order valence-electron chi connectivity index (χ3n) is 3.57. The van der Waals surface area contributed by atoms with Gasteiger partial charge in [0.15, 0.2) is 0 Å². The van der Waals surface area contributed by atoms with Crippen LogP contribution in [0.4, 0.5) is 0 Å². The third-order valence-corrected chi connectivity index (χ3v) is 3.57. The Hall–Kier alpha value is -2.11. The van der Waals surface area contributed by atoms with Crippen LogP contribution in [0.5, 0.6) is 0 Å². The van der Waals surface area contributed by atoms with Gasteiger partial charge in [0.05, 0.1) is 12.8 Å². The van der Waals surface area contributed by atoms with Crippen molar-refractivity contribution in [2.75, 3.05) is 19.7 Å². The van der Waals surface area contributed by atoms with E-state index < -0.39 is 0 Å². The molecule has 0 atom stereocenters. The van der Waals surface area contributed by atoms with Crippen LogP contribution < -0.4 is 0 Å². The number of aromatic nitrogens is 2. The lowest BCUT2D eigenvalue weighted by Gasteiger charge is -2.31. The molecule has 0 bridgehead atoms. The first kappa shape index (κ1) is 14.3. The van der Waals surface area contributed by atoms with Crippen molar-refractivity contribution >= 4 is 11.9 Å². The van der Waals surface area contributed by atoms with Gasteiger partial charge in [-0.25, -0.2) is 4.79 Å². The maximum absolute atomic E-state index is 11.8. The lowest BCUT2D eigenvalue weighted by Crippen LogP contribution is -2.37. The van der Waals surface area contributed by atoms with Crippen LogP contribution in [0.2, 0.25) is 0 Å². The number of piperidine rings is 1. The fourth-order valence-electron chi connectivity index (χ4n) is 2.51. The second kappa shape index (κ2) is 6.36. The Morgan fingerprint density at radius 3 is 2.85 bits per heavy atom. The molecule has 6 nitrogen and oxygen atoms in total. The molecule has 0 aliphatic carbocycles. The monoisotopic (exact) mass is 277 g/mol. The van der Waals surface area contributed by atoms with Gasteiger partial charge >= 0.3 is 5.97 Å². The smallest absolute Gasteiger partial charge is 0.356 e. The second-order valence-electron chi connectivity index (χ2n) is 4.72. The maximum Gasteiger partial charge on any atom is 0.356 e. The summed E-state index contributed by atoms with van der Waals surface area (Å²) in [4.78, 5) is 25.1. The molecule has 1 aromatic rings. The van der Waals surface area contributed by atoms with E-state index in [0.717, 1.165) is 18.4 Å². The van der Waals surface area contributed by atoms with Crippen LogP contribution in [0, 0.1) is 0 Å². The molecule has 1 amide bonds. The molecule has 0 radical (unpaired) electrons. The van der Waals surface area contributed by atoms with Crippen molar-refractivity contribution in [1.29, 1.82) is 0 Å². The number of carbonyl (C=O) groups is 2. The third kappa shape index (κ3) is 2.89. The number of ether oxygens (including phenoxy) is 1. The molecule has 0 spiro atoms. The number of nitrogens with one attached hydrogen (secondary N) is 1. The molecule has 1 aliphatic rings. The SMILES string of the molecule is C=CC(=O)N1CCC(c2cn[nH]c2C(=O)OCC)CC1. The highest BCUT2D eigenvalue weighted by molar-refractivity contribution is 5.89. The number of aromatic amines is 1. The molecule has 1 aromatic heterocycles. The standard InChI is InChI=1S/C14H19N3O3/c1-3-12(18)17-7-5-10(6-8-17)11-9-15-16-13(11)14(19)20-4-2/h3,9-10H,1,4-8H2,2H3,(H,15,16). The van der Waals surface area contributed by atoms with Crippen molar-refractivity contribution in [2.24, 2.45) is 0 Å². The summed E-state index contributed by atoms with van der Waals surface area (Å²) in [5, 5.41) is 6.66. The topological polar surface area (TPSA) is 75.3 Å². The fraction of sp³-hybridized carbons (Fsp3) is 0.500. The summed E-state index contributed by atoms with van der Waals surface area (Å²) in [5.41, 5.74) is 1.31. The van der Waals surface area contributed by atoms with Crippen LogP contribution in [-0.2, 0) is 9.53 Å². The first-order valence-electron chi connectivity index (χ1n) is 6.79. The van der Waals surface area contributed by atoms with E-state index in [1.807, 2.05) is 0 Å². The van der Waals surface area contributed by atoms with E-state index in [-0.39, 0.29) is 17.8 Å². The number of hydrogen-bond donors (Lipinski definition) is 1. The summed E-state index contributed by atoms with van der Waals surface area (Å²) >= 11 is 0. The summed E-state index contributed by atoms with van der Waals surface area (Å²) in [6.45, 7) is 6.94. The van der Waals surface area contributed by atoms with Crippen LogP contribution in [0.15, 0.2) is 18.9 Å². The first-order valence-corrected chi connectivity index (χ1v) is 6.79. The van der Waals surface area contributed by atoms with Crippen LogP contribution in [-0.4, -0.2) is 46.7 Å². The number of amides is 1. The van der Waals surface area contributed by atoms with Crippen LogP contribution in [0.25, 0.3) is 0 Å². The van der Waals surface area contributed by atoms with Crippen molar-refractivity contribution in [3.05, 3.63) is 30.1 Å². The number of H-pyrrole nitrogens is 1. The van der Waals surface area contributed by atoms with E-state index in [0.29, 0.717) is 25.4 Å². The summed E-state index contributed by atoms with van der Waals surface area (Å²) in [5.74, 6) is -0.187. The van der Waals surface area contributed by atoms with Gasteiger partial charge in [-0.15, -0.1) is 0 Å². The van der Waals surface area contributed by atoms with Crippen LogP contribution in [0.3, 0.4) is 0 Å². The molecule has 0 unspecified atom stereocenters. The molecule has 6 heteroatoms. The van der Waals surface area contributed by atoms with Gasteiger partial charge < -0.3 is 9.64 Å². The van der Waals surface area contributed by atoms with Crippen LogP contribution >= 0.6 is 0 Å². The van der Waals surface area contributed by atoms with E-state index in [1.54, 1.807) is 18.0 Å². The molecule has 0 saturated carbocycles. The average molecular weight is 277 g/mol. The highest BCUT2D eigenvalue weighted by atomic mass is 16.5. The highest BCUT2D eigenvalue weighted by Gasteiger charge is 2.27. The normalized spacial score (nSPS) is 15.9. The highest BCUT2D eigenvalue weighted by Crippen LogP contribution is 2.29. The zero-order valence-corrected chi connectivity index (χ0v) is 11.6. The Balaban J connectivity index is 2.04. The average Bonchev–Trinajstić information content (AvgIpc) is 2.96. The number of esters is 1. The number of hydrogen-bond acceptors (Lipinski definition) is 4. The van der Waals surface area contributed by atoms with Crippen molar-refractivity contribution in [2.45, 2.75) is 25.7 Å². The van der Waals surface area contributed by atoms with E-state index in [1.165, 1.54) is 6.08 Å². The largest absolute Gasteiger partial charge is 0.461 e. The van der Waals surface area contributed by atoms with Gasteiger partial charge in [-0.3, -0.25) is 9.89 Å². The number of likely N-dealkylation sites (tertiary alicyclic amines) is 1. The minimum atomic E-state index is -0.371. The molecule has 0 aromatic carbocycles. The minimum absolute atomic E-state index is 0.0405. The Morgan fingerprint density at radius 1 is 1.55 bits per heavy atom. The summed E-state index contributed by atoms with van der Waals surface area (Å²) in [6, 6.07) is 0. The second-order valence-corrected chi connectivity index (χ2v) is 4.72. The van der Waals surface area contributed by atoms with E-state index in [2.05, 4.69) is 16.8 Å².